The van der Waals surface area contributed by atoms with E-state index in [-0.39, 0.29) is 33.0 Å². The Labute approximate surface area is 185 Å². The number of hydrogen-bond acceptors (Lipinski definition) is 6. The highest BCUT2D eigenvalue weighted by Crippen LogP contribution is 2.29. The molecule has 0 fully saturated rings. The van der Waals surface area contributed by atoms with E-state index in [1.165, 1.54) is 0 Å². The van der Waals surface area contributed by atoms with E-state index in [0.29, 0.717) is 0 Å². The number of amides is 3. The van der Waals surface area contributed by atoms with Crippen LogP contribution < -0.4 is 15.4 Å². The summed E-state index contributed by atoms with van der Waals surface area (Å²) in [6.07, 6.45) is 0. The molecular formula is C18H25Cl2N3O6S. The molecule has 9 nitrogen and oxygen atoms in total. The van der Waals surface area contributed by atoms with Gasteiger partial charge in [0.15, 0.2) is 6.61 Å². The molecule has 0 bridgehead atoms. The fourth-order valence-electron chi connectivity index (χ4n) is 1.99. The zero-order chi connectivity index (χ0) is 23.3. The predicted octanol–water partition coefficient (Wildman–Crippen LogP) is 2.71. The molecule has 0 radical (unpaired) electrons. The topological polar surface area (TPSA) is 131 Å². The second kappa shape index (κ2) is 10.4. The standard InChI is InChI=1S/C18H25Cl2N3O6S/c1-10(2)8-21-30(27,28)14-6-11(12(19)7-13(14)20)16(25)29-9-15(24)22-17(26)23-18(3,4)5/h6-7,10,21H,8-9H2,1-5H3,(H2,22,23,24,26). The van der Waals surface area contributed by atoms with Crippen LogP contribution in [-0.2, 0) is 19.6 Å². The molecule has 0 aliphatic carbocycles. The van der Waals surface area contributed by atoms with Gasteiger partial charge in [-0.15, -0.1) is 0 Å². The quantitative estimate of drug-likeness (QED) is 0.513. The van der Waals surface area contributed by atoms with Gasteiger partial charge in [-0.25, -0.2) is 22.7 Å². The Morgan fingerprint density at radius 3 is 2.23 bits per heavy atom. The van der Waals surface area contributed by atoms with Crippen LogP contribution in [0.1, 0.15) is 45.0 Å². The maximum Gasteiger partial charge on any atom is 0.340 e. The first kappa shape index (κ1) is 26.2. The molecule has 0 atom stereocenters. The van der Waals surface area contributed by atoms with E-state index in [9.17, 15) is 22.8 Å². The number of hydrogen-bond donors (Lipinski definition) is 3. The first-order valence-corrected chi connectivity index (χ1v) is 11.1. The van der Waals surface area contributed by atoms with Crippen molar-refractivity contribution in [1.82, 2.24) is 15.4 Å². The smallest absolute Gasteiger partial charge is 0.340 e. The Hall–Kier alpha value is -1.88. The third-order valence-electron chi connectivity index (χ3n) is 3.29. The number of nitrogens with one attached hydrogen (secondary N) is 3. The van der Waals surface area contributed by atoms with E-state index < -0.39 is 40.1 Å². The van der Waals surface area contributed by atoms with Crippen molar-refractivity contribution in [3.63, 3.8) is 0 Å². The molecule has 0 heterocycles. The van der Waals surface area contributed by atoms with Crippen LogP contribution in [0.3, 0.4) is 0 Å². The van der Waals surface area contributed by atoms with Crippen molar-refractivity contribution in [1.29, 1.82) is 0 Å². The predicted molar refractivity (Wildman–Crippen MR) is 113 cm³/mol. The molecule has 0 aliphatic heterocycles. The highest BCUT2D eigenvalue weighted by Gasteiger charge is 2.24. The van der Waals surface area contributed by atoms with Gasteiger partial charge in [-0.05, 0) is 38.8 Å². The number of ether oxygens (including phenoxy) is 1. The number of rotatable bonds is 7. The largest absolute Gasteiger partial charge is 0.452 e. The second-order valence-electron chi connectivity index (χ2n) is 7.84. The molecule has 1 rings (SSSR count). The average Bonchev–Trinajstić information content (AvgIpc) is 2.56. The molecule has 12 heteroatoms. The normalized spacial score (nSPS) is 11.9. The Bertz CT molecular complexity index is 927. The number of benzene rings is 1. The lowest BCUT2D eigenvalue weighted by Crippen LogP contribution is -2.49. The van der Waals surface area contributed by atoms with E-state index in [2.05, 4.69) is 10.0 Å². The van der Waals surface area contributed by atoms with Crippen LogP contribution in [0.4, 0.5) is 4.79 Å². The number of carbonyl (C=O) groups is 3. The van der Waals surface area contributed by atoms with Gasteiger partial charge in [0.25, 0.3) is 5.91 Å². The molecule has 0 saturated carbocycles. The maximum atomic E-state index is 12.4. The lowest BCUT2D eigenvalue weighted by atomic mass is 10.1. The van der Waals surface area contributed by atoms with Gasteiger partial charge < -0.3 is 10.1 Å². The van der Waals surface area contributed by atoms with Crippen LogP contribution >= 0.6 is 23.2 Å². The highest BCUT2D eigenvalue weighted by molar-refractivity contribution is 7.89. The van der Waals surface area contributed by atoms with E-state index in [0.717, 1.165) is 12.1 Å². The minimum atomic E-state index is -4.00. The van der Waals surface area contributed by atoms with Gasteiger partial charge in [0.2, 0.25) is 10.0 Å². The fraction of sp³-hybridized carbons (Fsp3) is 0.500. The van der Waals surface area contributed by atoms with Gasteiger partial charge in [0.05, 0.1) is 15.6 Å². The molecule has 0 aliphatic rings. The summed E-state index contributed by atoms with van der Waals surface area (Å²) >= 11 is 12.0. The van der Waals surface area contributed by atoms with E-state index in [1.807, 2.05) is 19.2 Å². The number of carbonyl (C=O) groups excluding carboxylic acids is 3. The molecule has 168 valence electrons. The Morgan fingerprint density at radius 1 is 1.10 bits per heavy atom. The monoisotopic (exact) mass is 481 g/mol. The van der Waals surface area contributed by atoms with Crippen molar-refractivity contribution in [2.45, 2.75) is 45.1 Å². The SMILES string of the molecule is CC(C)CNS(=O)(=O)c1cc(C(=O)OCC(=O)NC(=O)NC(C)(C)C)c(Cl)cc1Cl. The van der Waals surface area contributed by atoms with Crippen LogP contribution in [0.25, 0.3) is 0 Å². The Morgan fingerprint density at radius 2 is 1.70 bits per heavy atom. The average molecular weight is 482 g/mol. The Balaban J connectivity index is 2.90. The van der Waals surface area contributed by atoms with Gasteiger partial charge in [0.1, 0.15) is 4.90 Å². The van der Waals surface area contributed by atoms with Gasteiger partial charge in [-0.2, -0.15) is 0 Å². The first-order chi connectivity index (χ1) is 13.6. The number of urea groups is 1. The lowest BCUT2D eigenvalue weighted by Gasteiger charge is -2.20. The number of sulfonamides is 1. The number of halogens is 2. The summed E-state index contributed by atoms with van der Waals surface area (Å²) in [7, 11) is -4.00. The third-order valence-corrected chi connectivity index (χ3v) is 5.49. The summed E-state index contributed by atoms with van der Waals surface area (Å²) in [6.45, 7) is 8.20. The minimum Gasteiger partial charge on any atom is -0.452 e. The third kappa shape index (κ3) is 8.47. The van der Waals surface area contributed by atoms with E-state index in [1.54, 1.807) is 20.8 Å². The molecular weight excluding hydrogens is 457 g/mol. The van der Waals surface area contributed by atoms with Crippen molar-refractivity contribution >= 4 is 51.1 Å². The van der Waals surface area contributed by atoms with Crippen LogP contribution in [-0.4, -0.2) is 45.0 Å². The Kier molecular flexibility index (Phi) is 9.09. The molecule has 0 unspecified atom stereocenters. The van der Waals surface area contributed by atoms with Gasteiger partial charge in [-0.1, -0.05) is 37.0 Å². The second-order valence-corrected chi connectivity index (χ2v) is 10.4. The van der Waals surface area contributed by atoms with Crippen molar-refractivity contribution < 1.29 is 27.5 Å². The van der Waals surface area contributed by atoms with Crippen LogP contribution in [0.15, 0.2) is 17.0 Å². The minimum absolute atomic E-state index is 0.0456. The van der Waals surface area contributed by atoms with Gasteiger partial charge >= 0.3 is 12.0 Å². The molecule has 0 aromatic heterocycles. The molecule has 3 N–H and O–H groups in total. The molecule has 0 saturated heterocycles. The van der Waals surface area contributed by atoms with E-state index >= 15 is 0 Å². The molecule has 30 heavy (non-hydrogen) atoms. The summed E-state index contributed by atoms with van der Waals surface area (Å²) in [5.74, 6) is -1.88. The zero-order valence-corrected chi connectivity index (χ0v) is 19.6. The van der Waals surface area contributed by atoms with Crippen molar-refractivity contribution in [3.05, 3.63) is 27.7 Å². The summed E-state index contributed by atoms with van der Waals surface area (Å²) in [5.41, 5.74) is -0.860. The van der Waals surface area contributed by atoms with Crippen molar-refractivity contribution in [2.75, 3.05) is 13.2 Å². The summed E-state index contributed by atoms with van der Waals surface area (Å²) in [6, 6.07) is 1.32. The maximum absolute atomic E-state index is 12.4. The van der Waals surface area contributed by atoms with Crippen LogP contribution in [0.5, 0.6) is 0 Å². The summed E-state index contributed by atoms with van der Waals surface area (Å²) in [5, 5.41) is 4.18. The van der Waals surface area contributed by atoms with Crippen molar-refractivity contribution in [3.8, 4) is 0 Å². The van der Waals surface area contributed by atoms with Crippen LogP contribution in [0.2, 0.25) is 10.0 Å². The number of esters is 1. The molecule has 3 amide bonds. The summed E-state index contributed by atoms with van der Waals surface area (Å²) in [4.78, 5) is 35.4. The van der Waals surface area contributed by atoms with E-state index in [4.69, 9.17) is 27.9 Å². The summed E-state index contributed by atoms with van der Waals surface area (Å²) < 4.78 is 32.1. The first-order valence-electron chi connectivity index (χ1n) is 8.90. The fourth-order valence-corrected chi connectivity index (χ4v) is 4.05. The molecule has 0 spiro atoms. The molecule has 1 aromatic carbocycles. The zero-order valence-electron chi connectivity index (χ0n) is 17.3. The highest BCUT2D eigenvalue weighted by atomic mass is 35.5. The van der Waals surface area contributed by atoms with Gasteiger partial charge in [0, 0.05) is 12.1 Å². The van der Waals surface area contributed by atoms with Gasteiger partial charge in [-0.3, -0.25) is 10.1 Å². The molecule has 1 aromatic rings. The van der Waals surface area contributed by atoms with Crippen molar-refractivity contribution in [2.24, 2.45) is 5.92 Å². The lowest BCUT2D eigenvalue weighted by molar-refractivity contribution is -0.123. The number of imide groups is 1. The van der Waals surface area contributed by atoms with Crippen LogP contribution in [0, 0.1) is 5.92 Å².